The van der Waals surface area contributed by atoms with E-state index in [0.29, 0.717) is 10.6 Å². The predicted octanol–water partition coefficient (Wildman–Crippen LogP) is 4.54. The second-order valence-electron chi connectivity index (χ2n) is 6.50. The van der Waals surface area contributed by atoms with E-state index in [-0.39, 0.29) is 16.7 Å². The van der Waals surface area contributed by atoms with Gasteiger partial charge < -0.3 is 5.32 Å². The molecule has 0 fully saturated rings. The van der Waals surface area contributed by atoms with Crippen molar-refractivity contribution in [2.45, 2.75) is 23.5 Å². The first-order chi connectivity index (χ1) is 15.1. The highest BCUT2D eigenvalue weighted by molar-refractivity contribution is 8.00. The van der Waals surface area contributed by atoms with Crippen LogP contribution in [-0.2, 0) is 11.0 Å². The number of rotatable bonds is 5. The van der Waals surface area contributed by atoms with Crippen molar-refractivity contribution in [3.63, 3.8) is 0 Å². The van der Waals surface area contributed by atoms with Crippen molar-refractivity contribution in [2.75, 3.05) is 7.05 Å². The summed E-state index contributed by atoms with van der Waals surface area (Å²) in [7, 11) is 1.36. The molecule has 0 aliphatic heterocycles. The lowest BCUT2D eigenvalue weighted by molar-refractivity contribution is -0.137. The van der Waals surface area contributed by atoms with Crippen molar-refractivity contribution in [1.82, 2.24) is 25.4 Å². The van der Waals surface area contributed by atoms with Gasteiger partial charge in [0.15, 0.2) is 11.0 Å². The molecular formula is C20H17ClF3N5O2S. The van der Waals surface area contributed by atoms with Gasteiger partial charge in [-0.15, -0.1) is 10.2 Å². The molecule has 0 bridgehead atoms. The van der Waals surface area contributed by atoms with E-state index in [9.17, 15) is 22.8 Å². The molecule has 0 saturated heterocycles. The number of hydrogen-bond donors (Lipinski definition) is 2. The highest BCUT2D eigenvalue weighted by Crippen LogP contribution is 2.35. The van der Waals surface area contributed by atoms with Gasteiger partial charge in [0.05, 0.1) is 21.5 Å². The number of halogens is 4. The molecule has 3 aromatic rings. The number of carbonyl (C=O) groups excluding carboxylic acids is 2. The smallest absolute Gasteiger partial charge is 0.341 e. The van der Waals surface area contributed by atoms with Crippen LogP contribution in [0, 0.1) is 0 Å². The molecule has 0 unspecified atom stereocenters. The Labute approximate surface area is 190 Å². The predicted molar refractivity (Wildman–Crippen MR) is 115 cm³/mol. The van der Waals surface area contributed by atoms with Gasteiger partial charge >= 0.3 is 12.2 Å². The Kier molecular flexibility index (Phi) is 7.09. The Bertz CT molecular complexity index is 1150. The minimum absolute atomic E-state index is 0.140. The van der Waals surface area contributed by atoms with Gasteiger partial charge in [-0.05, 0) is 37.3 Å². The van der Waals surface area contributed by atoms with Crippen LogP contribution in [0.2, 0.25) is 5.02 Å². The summed E-state index contributed by atoms with van der Waals surface area (Å²) < 4.78 is 41.3. The van der Waals surface area contributed by atoms with Crippen LogP contribution in [0.1, 0.15) is 12.5 Å². The molecule has 168 valence electrons. The number of carbonyl (C=O) groups is 2. The number of imide groups is 1. The first kappa shape index (κ1) is 23.6. The molecule has 7 nitrogen and oxygen atoms in total. The maximum Gasteiger partial charge on any atom is 0.416 e. The molecule has 0 spiro atoms. The van der Waals surface area contributed by atoms with E-state index < -0.39 is 28.9 Å². The third-order valence-corrected chi connectivity index (χ3v) is 5.67. The SMILES string of the molecule is CNC(=O)NC(=O)[C@@H](C)Sc1nnc(-c2ccccc2Cl)n1-c1cccc(C(F)(F)F)c1. The zero-order valence-corrected chi connectivity index (χ0v) is 18.3. The van der Waals surface area contributed by atoms with Crippen LogP contribution in [0.5, 0.6) is 0 Å². The molecule has 2 N–H and O–H groups in total. The van der Waals surface area contributed by atoms with Crippen LogP contribution in [0.25, 0.3) is 17.1 Å². The maximum absolute atomic E-state index is 13.3. The van der Waals surface area contributed by atoms with E-state index in [2.05, 4.69) is 20.8 Å². The van der Waals surface area contributed by atoms with Crippen molar-refractivity contribution in [1.29, 1.82) is 0 Å². The first-order valence-electron chi connectivity index (χ1n) is 9.19. The highest BCUT2D eigenvalue weighted by atomic mass is 35.5. The number of alkyl halides is 3. The summed E-state index contributed by atoms with van der Waals surface area (Å²) in [5.41, 5.74) is -0.260. The van der Waals surface area contributed by atoms with Crippen LogP contribution in [0.15, 0.2) is 53.7 Å². The van der Waals surface area contributed by atoms with Crippen molar-refractivity contribution in [2.24, 2.45) is 0 Å². The molecule has 0 saturated carbocycles. The standard InChI is InChI=1S/C20H17ClF3N5O2S/c1-11(17(30)26-18(31)25-2)32-19-28-27-16(14-8-3-4-9-15(14)21)29(19)13-7-5-6-12(10-13)20(22,23)24/h3-11H,1-2H3,(H2,25,26,30,31)/t11-/m1/s1. The fourth-order valence-corrected chi connectivity index (χ4v) is 3.79. The van der Waals surface area contributed by atoms with E-state index in [4.69, 9.17) is 11.6 Å². The largest absolute Gasteiger partial charge is 0.416 e. The van der Waals surface area contributed by atoms with E-state index in [1.54, 1.807) is 24.3 Å². The van der Waals surface area contributed by atoms with Crippen LogP contribution in [0.3, 0.4) is 0 Å². The van der Waals surface area contributed by atoms with Crippen molar-refractivity contribution in [3.8, 4) is 17.1 Å². The van der Waals surface area contributed by atoms with Gasteiger partial charge in [-0.2, -0.15) is 13.2 Å². The summed E-state index contributed by atoms with van der Waals surface area (Å²) in [6, 6.07) is 10.7. The van der Waals surface area contributed by atoms with E-state index >= 15 is 0 Å². The lowest BCUT2D eigenvalue weighted by atomic mass is 10.1. The number of amides is 3. The molecule has 0 aliphatic carbocycles. The van der Waals surface area contributed by atoms with Gasteiger partial charge in [0.2, 0.25) is 5.91 Å². The normalized spacial score (nSPS) is 12.3. The number of nitrogens with zero attached hydrogens (tertiary/aromatic N) is 3. The van der Waals surface area contributed by atoms with Gasteiger partial charge in [-0.3, -0.25) is 14.7 Å². The first-order valence-corrected chi connectivity index (χ1v) is 10.4. The number of aromatic nitrogens is 3. The molecule has 3 amide bonds. The van der Waals surface area contributed by atoms with E-state index in [1.165, 1.54) is 30.7 Å². The van der Waals surface area contributed by atoms with E-state index in [1.807, 2.05) is 0 Å². The zero-order valence-electron chi connectivity index (χ0n) is 16.8. The lowest BCUT2D eigenvalue weighted by Gasteiger charge is -2.15. The molecule has 1 atom stereocenters. The minimum Gasteiger partial charge on any atom is -0.341 e. The summed E-state index contributed by atoms with van der Waals surface area (Å²) in [6.07, 6.45) is -4.55. The molecule has 1 aromatic heterocycles. The summed E-state index contributed by atoms with van der Waals surface area (Å²) in [4.78, 5) is 23.7. The van der Waals surface area contributed by atoms with Crippen LogP contribution in [0.4, 0.5) is 18.0 Å². The Morgan fingerprint density at radius 1 is 1.12 bits per heavy atom. The van der Waals surface area contributed by atoms with Crippen molar-refractivity contribution >= 4 is 35.3 Å². The summed E-state index contributed by atoms with van der Waals surface area (Å²) in [5.74, 6) is -0.399. The van der Waals surface area contributed by atoms with Crippen LogP contribution < -0.4 is 10.6 Å². The molecule has 3 rings (SSSR count). The second kappa shape index (κ2) is 9.61. The highest BCUT2D eigenvalue weighted by Gasteiger charge is 2.31. The Hall–Kier alpha value is -3.05. The molecule has 2 aromatic carbocycles. The maximum atomic E-state index is 13.3. The molecular weight excluding hydrogens is 467 g/mol. The Morgan fingerprint density at radius 3 is 2.50 bits per heavy atom. The fourth-order valence-electron chi connectivity index (χ4n) is 2.71. The molecule has 12 heteroatoms. The van der Waals surface area contributed by atoms with Crippen LogP contribution >= 0.6 is 23.4 Å². The van der Waals surface area contributed by atoms with E-state index in [0.717, 1.165) is 23.9 Å². The quantitative estimate of drug-likeness (QED) is 0.520. The van der Waals surface area contributed by atoms with Gasteiger partial charge in [-0.25, -0.2) is 4.79 Å². The minimum atomic E-state index is -4.55. The molecule has 0 aliphatic rings. The third kappa shape index (κ3) is 5.22. The number of nitrogens with one attached hydrogen (secondary N) is 2. The third-order valence-electron chi connectivity index (χ3n) is 4.30. The number of thioether (sulfide) groups is 1. The van der Waals surface area contributed by atoms with Crippen molar-refractivity contribution in [3.05, 3.63) is 59.1 Å². The number of benzene rings is 2. The fraction of sp³-hybridized carbons (Fsp3) is 0.200. The number of hydrogen-bond acceptors (Lipinski definition) is 5. The van der Waals surface area contributed by atoms with Gasteiger partial charge in [0.25, 0.3) is 0 Å². The lowest BCUT2D eigenvalue weighted by Crippen LogP contribution is -2.41. The average molecular weight is 484 g/mol. The number of urea groups is 1. The monoisotopic (exact) mass is 483 g/mol. The molecule has 32 heavy (non-hydrogen) atoms. The van der Waals surface area contributed by atoms with Gasteiger partial charge in [-0.1, -0.05) is 41.6 Å². The van der Waals surface area contributed by atoms with Gasteiger partial charge in [0.1, 0.15) is 0 Å². The Morgan fingerprint density at radius 2 is 1.84 bits per heavy atom. The molecule has 0 radical (unpaired) electrons. The van der Waals surface area contributed by atoms with Crippen molar-refractivity contribution < 1.29 is 22.8 Å². The average Bonchev–Trinajstić information content (AvgIpc) is 3.16. The van der Waals surface area contributed by atoms with Gasteiger partial charge in [0, 0.05) is 12.6 Å². The second-order valence-corrected chi connectivity index (χ2v) is 8.21. The zero-order chi connectivity index (χ0) is 23.5. The topological polar surface area (TPSA) is 88.9 Å². The molecule has 1 heterocycles. The Balaban J connectivity index is 2.09. The summed E-state index contributed by atoms with van der Waals surface area (Å²) >= 11 is 7.22. The van der Waals surface area contributed by atoms with Crippen LogP contribution in [-0.4, -0.2) is 39.0 Å². The summed E-state index contributed by atoms with van der Waals surface area (Å²) in [5, 5.41) is 12.3. The summed E-state index contributed by atoms with van der Waals surface area (Å²) in [6.45, 7) is 1.53.